The number of nitrogens with one attached hydrogen (secondary N) is 3. The van der Waals surface area contributed by atoms with Crippen molar-refractivity contribution in [3.8, 4) is 0 Å². The Labute approximate surface area is 173 Å². The van der Waals surface area contributed by atoms with Crippen molar-refractivity contribution >= 4 is 15.9 Å². The van der Waals surface area contributed by atoms with Crippen molar-refractivity contribution < 1.29 is 22.8 Å². The Bertz CT molecular complexity index is 884. The third-order valence-electron chi connectivity index (χ3n) is 4.32. The number of carbonyl (C=O) groups is 1. The molecule has 0 spiro atoms. The van der Waals surface area contributed by atoms with E-state index in [0.29, 0.717) is 5.56 Å². The summed E-state index contributed by atoms with van der Waals surface area (Å²) >= 11 is 0. The van der Waals surface area contributed by atoms with Crippen LogP contribution >= 0.6 is 0 Å². The third kappa shape index (κ3) is 6.93. The number of rotatable bonds is 10. The van der Waals surface area contributed by atoms with Gasteiger partial charge in [0.2, 0.25) is 10.0 Å². The van der Waals surface area contributed by atoms with Gasteiger partial charge in [0.1, 0.15) is 12.6 Å². The highest BCUT2D eigenvalue weighted by Gasteiger charge is 2.20. The molecule has 0 radical (unpaired) electrons. The molecule has 158 valence electrons. The molecule has 0 bridgehead atoms. The quantitative estimate of drug-likeness (QED) is 0.526. The van der Waals surface area contributed by atoms with Gasteiger partial charge in [-0.25, -0.2) is 13.1 Å². The highest BCUT2D eigenvalue weighted by Crippen LogP contribution is 2.14. The van der Waals surface area contributed by atoms with Crippen molar-refractivity contribution in [2.75, 3.05) is 34.4 Å². The van der Waals surface area contributed by atoms with Gasteiger partial charge in [0.25, 0.3) is 5.91 Å². The lowest BCUT2D eigenvalue weighted by Crippen LogP contribution is -3.06. The van der Waals surface area contributed by atoms with E-state index in [0.717, 1.165) is 12.1 Å². The van der Waals surface area contributed by atoms with Crippen LogP contribution in [-0.4, -0.2) is 54.7 Å². The standard InChI is InChI=1S/C21H29N3O4S/c1-16(15-28-4)23-29(26,27)19-12-10-18(11-13-19)21(25)22-20(14-24(2)3)17-8-6-5-7-9-17/h5-13,16,20,23H,14-15H2,1-4H3,(H,22,25)/p+1/t16-,20-/m1/s1. The van der Waals surface area contributed by atoms with Crippen LogP contribution in [0.15, 0.2) is 59.5 Å². The zero-order valence-electron chi connectivity index (χ0n) is 17.3. The minimum Gasteiger partial charge on any atom is -0.383 e. The molecule has 2 aromatic carbocycles. The molecule has 29 heavy (non-hydrogen) atoms. The Morgan fingerprint density at radius 3 is 2.24 bits per heavy atom. The highest BCUT2D eigenvalue weighted by atomic mass is 32.2. The smallest absolute Gasteiger partial charge is 0.251 e. The lowest BCUT2D eigenvalue weighted by molar-refractivity contribution is -0.860. The van der Waals surface area contributed by atoms with Crippen LogP contribution in [0.4, 0.5) is 0 Å². The first-order valence-corrected chi connectivity index (χ1v) is 11.0. The van der Waals surface area contributed by atoms with Crippen LogP contribution in [0.25, 0.3) is 0 Å². The molecule has 3 N–H and O–H groups in total. The molecule has 0 aliphatic rings. The number of amides is 1. The SMILES string of the molecule is COC[C@@H](C)NS(=O)(=O)c1ccc(C(=O)N[C@H](C[NH+](C)C)c2ccccc2)cc1. The maximum absolute atomic E-state index is 12.7. The maximum atomic E-state index is 12.7. The molecular formula is C21H30N3O4S+. The van der Waals surface area contributed by atoms with Gasteiger partial charge in [0.15, 0.2) is 0 Å². The van der Waals surface area contributed by atoms with E-state index < -0.39 is 10.0 Å². The second-order valence-electron chi connectivity index (χ2n) is 7.35. The molecule has 0 aromatic heterocycles. The van der Waals surface area contributed by atoms with E-state index in [1.54, 1.807) is 6.92 Å². The average molecular weight is 421 g/mol. The first kappa shape index (κ1) is 23.0. The summed E-state index contributed by atoms with van der Waals surface area (Å²) in [5.74, 6) is -0.246. The normalized spacial score (nSPS) is 13.8. The first-order valence-electron chi connectivity index (χ1n) is 9.49. The van der Waals surface area contributed by atoms with Gasteiger partial charge >= 0.3 is 0 Å². The lowest BCUT2D eigenvalue weighted by atomic mass is 10.1. The molecular weight excluding hydrogens is 390 g/mol. The summed E-state index contributed by atoms with van der Waals surface area (Å²) in [7, 11) is 1.90. The molecule has 7 nitrogen and oxygen atoms in total. The van der Waals surface area contributed by atoms with E-state index >= 15 is 0 Å². The Kier molecular flexibility index (Phi) is 8.33. The Balaban J connectivity index is 2.12. The van der Waals surface area contributed by atoms with Crippen LogP contribution in [0.5, 0.6) is 0 Å². The summed E-state index contributed by atoms with van der Waals surface area (Å²) in [6.07, 6.45) is 0. The predicted octanol–water partition coefficient (Wildman–Crippen LogP) is 0.615. The van der Waals surface area contributed by atoms with E-state index in [2.05, 4.69) is 10.0 Å². The second kappa shape index (κ2) is 10.5. The lowest BCUT2D eigenvalue weighted by Gasteiger charge is -2.21. The van der Waals surface area contributed by atoms with Gasteiger partial charge in [-0.1, -0.05) is 30.3 Å². The fraction of sp³-hybridized carbons (Fsp3) is 0.381. The molecule has 0 aliphatic heterocycles. The maximum Gasteiger partial charge on any atom is 0.251 e. The minimum atomic E-state index is -3.67. The number of methoxy groups -OCH3 is 1. The van der Waals surface area contributed by atoms with Crippen LogP contribution in [-0.2, 0) is 14.8 Å². The largest absolute Gasteiger partial charge is 0.383 e. The molecule has 2 atom stereocenters. The van der Waals surface area contributed by atoms with E-state index in [4.69, 9.17) is 4.74 Å². The molecule has 2 rings (SSSR count). The topological polar surface area (TPSA) is 88.9 Å². The van der Waals surface area contributed by atoms with Crippen molar-refractivity contribution in [3.63, 3.8) is 0 Å². The van der Waals surface area contributed by atoms with Gasteiger partial charge in [-0.2, -0.15) is 0 Å². The van der Waals surface area contributed by atoms with Crippen molar-refractivity contribution in [1.82, 2.24) is 10.0 Å². The number of sulfonamides is 1. The van der Waals surface area contributed by atoms with E-state index in [1.807, 2.05) is 44.4 Å². The molecule has 0 heterocycles. The second-order valence-corrected chi connectivity index (χ2v) is 9.06. The Hall–Kier alpha value is -2.26. The fourth-order valence-electron chi connectivity index (χ4n) is 2.99. The zero-order chi connectivity index (χ0) is 21.4. The number of carbonyl (C=O) groups excluding carboxylic acids is 1. The zero-order valence-corrected chi connectivity index (χ0v) is 18.1. The predicted molar refractivity (Wildman–Crippen MR) is 112 cm³/mol. The average Bonchev–Trinajstić information content (AvgIpc) is 2.67. The molecule has 0 saturated carbocycles. The van der Waals surface area contributed by atoms with Crippen LogP contribution < -0.4 is 14.9 Å². The first-order chi connectivity index (χ1) is 13.7. The summed E-state index contributed by atoms with van der Waals surface area (Å²) in [5, 5.41) is 3.05. The number of quaternary nitrogens is 1. The Morgan fingerprint density at radius 1 is 1.07 bits per heavy atom. The fourth-order valence-corrected chi connectivity index (χ4v) is 4.22. The van der Waals surface area contributed by atoms with Crippen molar-refractivity contribution in [2.45, 2.75) is 23.9 Å². The summed E-state index contributed by atoms with van der Waals surface area (Å²) in [6, 6.07) is 15.2. The van der Waals surface area contributed by atoms with Gasteiger partial charge in [-0.05, 0) is 36.8 Å². The molecule has 0 saturated heterocycles. The minimum absolute atomic E-state index is 0.106. The van der Waals surface area contributed by atoms with E-state index in [1.165, 1.54) is 36.3 Å². The molecule has 0 unspecified atom stereocenters. The summed E-state index contributed by atoms with van der Waals surface area (Å²) in [6.45, 7) is 2.72. The van der Waals surface area contributed by atoms with E-state index in [9.17, 15) is 13.2 Å². The van der Waals surface area contributed by atoms with Crippen molar-refractivity contribution in [3.05, 3.63) is 65.7 Å². The van der Waals surface area contributed by atoms with Crippen molar-refractivity contribution in [2.24, 2.45) is 0 Å². The van der Waals surface area contributed by atoms with Crippen LogP contribution in [0, 0.1) is 0 Å². The molecule has 2 aromatic rings. The number of ether oxygens (including phenoxy) is 1. The van der Waals surface area contributed by atoms with Gasteiger partial charge < -0.3 is 15.0 Å². The van der Waals surface area contributed by atoms with Gasteiger partial charge in [0.05, 0.1) is 25.6 Å². The van der Waals surface area contributed by atoms with Crippen LogP contribution in [0.1, 0.15) is 28.9 Å². The third-order valence-corrected chi connectivity index (χ3v) is 5.92. The number of hydrogen-bond donors (Lipinski definition) is 3. The van der Waals surface area contributed by atoms with Crippen molar-refractivity contribution in [1.29, 1.82) is 0 Å². The van der Waals surface area contributed by atoms with Gasteiger partial charge in [-0.15, -0.1) is 0 Å². The molecule has 8 heteroatoms. The van der Waals surface area contributed by atoms with Crippen LogP contribution in [0.2, 0.25) is 0 Å². The Morgan fingerprint density at radius 2 is 1.69 bits per heavy atom. The number of benzene rings is 2. The van der Waals surface area contributed by atoms with E-state index in [-0.39, 0.29) is 29.5 Å². The molecule has 0 fully saturated rings. The highest BCUT2D eigenvalue weighted by molar-refractivity contribution is 7.89. The monoisotopic (exact) mass is 420 g/mol. The number of hydrogen-bond acceptors (Lipinski definition) is 4. The molecule has 1 amide bonds. The summed E-state index contributed by atoms with van der Waals surface area (Å²) in [5.41, 5.74) is 1.43. The van der Waals surface area contributed by atoms with Gasteiger partial charge in [0, 0.05) is 18.7 Å². The summed E-state index contributed by atoms with van der Waals surface area (Å²) < 4.78 is 32.3. The van der Waals surface area contributed by atoms with Gasteiger partial charge in [-0.3, -0.25) is 4.79 Å². The molecule has 0 aliphatic carbocycles. The summed E-state index contributed by atoms with van der Waals surface area (Å²) in [4.78, 5) is 14.0. The number of likely N-dealkylation sites (N-methyl/N-ethyl adjacent to an activating group) is 1. The van der Waals surface area contributed by atoms with Crippen LogP contribution in [0.3, 0.4) is 0 Å².